The van der Waals surface area contributed by atoms with Crippen LogP contribution in [-0.2, 0) is 13.5 Å². The molecule has 126 valence electrons. The van der Waals surface area contributed by atoms with Crippen molar-refractivity contribution in [1.82, 2.24) is 9.55 Å². The largest absolute Gasteiger partial charge is 0.366 e. The highest BCUT2D eigenvalue weighted by Crippen LogP contribution is 2.21. The fourth-order valence-electron chi connectivity index (χ4n) is 2.65. The van der Waals surface area contributed by atoms with E-state index >= 15 is 0 Å². The molecule has 0 saturated carbocycles. The Morgan fingerprint density at radius 3 is 2.36 bits per heavy atom. The van der Waals surface area contributed by atoms with E-state index in [1.165, 1.54) is 16.7 Å². The Labute approximate surface area is 149 Å². The monoisotopic (exact) mass is 353 g/mol. The van der Waals surface area contributed by atoms with Crippen LogP contribution in [0.25, 0.3) is 11.4 Å². The zero-order valence-electron chi connectivity index (χ0n) is 13.6. The molecular weight excluding hydrogens is 338 g/mol. The van der Waals surface area contributed by atoms with Crippen LogP contribution in [0.5, 0.6) is 0 Å². The number of hydrogen-bond acceptors (Lipinski definition) is 3. The minimum absolute atomic E-state index is 0.230. The molecule has 0 bridgehead atoms. The third kappa shape index (κ3) is 3.61. The highest BCUT2D eigenvalue weighted by molar-refractivity contribution is 6.30. The van der Waals surface area contributed by atoms with Crippen molar-refractivity contribution >= 4 is 17.5 Å². The Kier molecular flexibility index (Phi) is 4.67. The first-order chi connectivity index (χ1) is 12.0. The maximum absolute atomic E-state index is 11.9. The van der Waals surface area contributed by atoms with E-state index in [2.05, 4.69) is 4.98 Å². The summed E-state index contributed by atoms with van der Waals surface area (Å²) in [4.78, 5) is 28.0. The number of halogens is 1. The molecule has 0 radical (unpaired) electrons. The number of carbonyl (C=O) groups is 1. The molecular formula is C19H16ClN3O2. The molecule has 0 aliphatic heterocycles. The number of pyridine rings is 2. The second-order valence-electron chi connectivity index (χ2n) is 5.71. The van der Waals surface area contributed by atoms with Crippen LogP contribution >= 0.6 is 11.6 Å². The van der Waals surface area contributed by atoms with Crippen LogP contribution in [0.15, 0.2) is 59.5 Å². The fourth-order valence-corrected chi connectivity index (χ4v) is 2.78. The zero-order valence-corrected chi connectivity index (χ0v) is 14.3. The highest BCUT2D eigenvalue weighted by Gasteiger charge is 2.15. The molecule has 1 aromatic carbocycles. The van der Waals surface area contributed by atoms with Gasteiger partial charge in [-0.15, -0.1) is 0 Å². The number of carbonyl (C=O) groups excluding carboxylic acids is 1. The minimum atomic E-state index is -0.599. The van der Waals surface area contributed by atoms with Crippen molar-refractivity contribution in [3.8, 4) is 11.4 Å². The lowest BCUT2D eigenvalue weighted by Crippen LogP contribution is -2.23. The molecule has 5 nitrogen and oxygen atoms in total. The highest BCUT2D eigenvalue weighted by atomic mass is 35.5. The molecule has 2 N–H and O–H groups in total. The van der Waals surface area contributed by atoms with Crippen LogP contribution < -0.4 is 11.3 Å². The maximum Gasteiger partial charge on any atom is 0.250 e. The molecule has 25 heavy (non-hydrogen) atoms. The van der Waals surface area contributed by atoms with E-state index < -0.39 is 5.91 Å². The van der Waals surface area contributed by atoms with Crippen LogP contribution in [0.3, 0.4) is 0 Å². The van der Waals surface area contributed by atoms with Crippen molar-refractivity contribution in [3.05, 3.63) is 86.8 Å². The lowest BCUT2D eigenvalue weighted by molar-refractivity contribution is 0.1000. The first kappa shape index (κ1) is 16.9. The first-order valence-electron chi connectivity index (χ1n) is 7.65. The van der Waals surface area contributed by atoms with Crippen molar-refractivity contribution in [2.45, 2.75) is 6.42 Å². The molecule has 0 fully saturated rings. The average molecular weight is 354 g/mol. The van der Waals surface area contributed by atoms with Gasteiger partial charge in [0.2, 0.25) is 0 Å². The number of nitrogens with two attached hydrogens (primary N) is 1. The summed E-state index contributed by atoms with van der Waals surface area (Å²) < 4.78 is 1.38. The van der Waals surface area contributed by atoms with Crippen molar-refractivity contribution in [2.75, 3.05) is 0 Å². The molecule has 0 saturated heterocycles. The summed E-state index contributed by atoms with van der Waals surface area (Å²) in [7, 11) is 1.59. The lowest BCUT2D eigenvalue weighted by Gasteiger charge is -2.12. The van der Waals surface area contributed by atoms with Gasteiger partial charge in [-0.1, -0.05) is 29.8 Å². The van der Waals surface area contributed by atoms with E-state index in [9.17, 15) is 9.59 Å². The number of primary amides is 1. The summed E-state index contributed by atoms with van der Waals surface area (Å²) in [5.74, 6) is -0.599. The normalized spacial score (nSPS) is 10.6. The molecule has 0 aliphatic carbocycles. The van der Waals surface area contributed by atoms with E-state index in [4.69, 9.17) is 17.3 Å². The van der Waals surface area contributed by atoms with E-state index in [0.717, 1.165) is 11.1 Å². The number of benzene rings is 1. The molecule has 3 rings (SSSR count). The van der Waals surface area contributed by atoms with E-state index in [-0.39, 0.29) is 11.1 Å². The van der Waals surface area contributed by atoms with Gasteiger partial charge in [0.25, 0.3) is 11.5 Å². The number of aromatic nitrogens is 2. The third-order valence-corrected chi connectivity index (χ3v) is 4.22. The van der Waals surface area contributed by atoms with Gasteiger partial charge in [0.15, 0.2) is 0 Å². The summed E-state index contributed by atoms with van der Waals surface area (Å²) in [5, 5.41) is 0.696. The summed E-state index contributed by atoms with van der Waals surface area (Å²) in [6, 6.07) is 14.1. The van der Waals surface area contributed by atoms with Crippen LogP contribution in [0.4, 0.5) is 0 Å². The number of hydrogen-bond donors (Lipinski definition) is 1. The molecule has 0 aliphatic rings. The van der Waals surface area contributed by atoms with Gasteiger partial charge in [-0.25, -0.2) is 0 Å². The maximum atomic E-state index is 11.9. The number of amides is 1. The summed E-state index contributed by atoms with van der Waals surface area (Å²) in [6.45, 7) is 0. The molecule has 1 amide bonds. The smallest absolute Gasteiger partial charge is 0.250 e. The third-order valence-electron chi connectivity index (χ3n) is 3.97. The Morgan fingerprint density at radius 2 is 1.76 bits per heavy atom. The fraction of sp³-hybridized carbons (Fsp3) is 0.105. The molecule has 0 atom stereocenters. The predicted octanol–water partition coefficient (Wildman–Crippen LogP) is 2.79. The van der Waals surface area contributed by atoms with Crippen molar-refractivity contribution in [3.63, 3.8) is 0 Å². The van der Waals surface area contributed by atoms with Gasteiger partial charge < -0.3 is 10.3 Å². The van der Waals surface area contributed by atoms with Gasteiger partial charge in [0.05, 0.1) is 17.0 Å². The number of rotatable bonds is 4. The van der Waals surface area contributed by atoms with Crippen LogP contribution in [0.1, 0.15) is 21.5 Å². The van der Waals surface area contributed by atoms with Gasteiger partial charge in [-0.3, -0.25) is 14.6 Å². The summed E-state index contributed by atoms with van der Waals surface area (Å²) >= 11 is 5.89. The Balaban J connectivity index is 1.95. The van der Waals surface area contributed by atoms with Gasteiger partial charge in [-0.05, 0) is 41.8 Å². The van der Waals surface area contributed by atoms with E-state index in [0.29, 0.717) is 22.8 Å². The van der Waals surface area contributed by atoms with Gasteiger partial charge >= 0.3 is 0 Å². The molecule has 2 aromatic heterocycles. The predicted molar refractivity (Wildman–Crippen MR) is 97.7 cm³/mol. The van der Waals surface area contributed by atoms with Crippen LogP contribution in [0.2, 0.25) is 5.02 Å². The molecule has 0 spiro atoms. The SMILES string of the molecule is Cn1c(-c2ccc(Cc3ccc(Cl)cc3)cn2)c(C(N)=O)ccc1=O. The summed E-state index contributed by atoms with van der Waals surface area (Å²) in [6.07, 6.45) is 2.44. The van der Waals surface area contributed by atoms with Crippen LogP contribution in [-0.4, -0.2) is 15.5 Å². The molecule has 2 heterocycles. The molecule has 3 aromatic rings. The van der Waals surface area contributed by atoms with Gasteiger partial charge in [-0.2, -0.15) is 0 Å². The van der Waals surface area contributed by atoms with Crippen molar-refractivity contribution < 1.29 is 4.79 Å². The Morgan fingerprint density at radius 1 is 1.08 bits per heavy atom. The quantitative estimate of drug-likeness (QED) is 0.783. The van der Waals surface area contributed by atoms with Gasteiger partial charge in [0, 0.05) is 24.3 Å². The van der Waals surface area contributed by atoms with E-state index in [1.807, 2.05) is 30.3 Å². The second kappa shape index (κ2) is 6.91. The number of nitrogens with zero attached hydrogens (tertiary/aromatic N) is 2. The summed E-state index contributed by atoms with van der Waals surface area (Å²) in [5.41, 5.74) is 8.52. The molecule has 6 heteroatoms. The zero-order chi connectivity index (χ0) is 18.0. The van der Waals surface area contributed by atoms with Gasteiger partial charge in [0.1, 0.15) is 0 Å². The lowest BCUT2D eigenvalue weighted by atomic mass is 10.0. The Hall–Kier alpha value is -2.92. The van der Waals surface area contributed by atoms with Crippen molar-refractivity contribution in [2.24, 2.45) is 12.8 Å². The second-order valence-corrected chi connectivity index (χ2v) is 6.15. The topological polar surface area (TPSA) is 78.0 Å². The molecule has 0 unspecified atom stereocenters. The van der Waals surface area contributed by atoms with E-state index in [1.54, 1.807) is 19.3 Å². The average Bonchev–Trinajstić information content (AvgIpc) is 2.60. The first-order valence-corrected chi connectivity index (χ1v) is 8.03. The minimum Gasteiger partial charge on any atom is -0.366 e. The standard InChI is InChI=1S/C19H16ClN3O2/c1-23-17(24)9-7-15(19(21)25)18(23)16-8-4-13(11-22-16)10-12-2-5-14(20)6-3-12/h2-9,11H,10H2,1H3,(H2,21,25). The van der Waals surface area contributed by atoms with Crippen LogP contribution in [0, 0.1) is 0 Å². The van der Waals surface area contributed by atoms with Crippen molar-refractivity contribution in [1.29, 1.82) is 0 Å². The Bertz CT molecular complexity index is 977.